The van der Waals surface area contributed by atoms with Crippen LogP contribution in [-0.2, 0) is 23.0 Å². The molecule has 21 heavy (non-hydrogen) atoms. The number of nitrogens with one attached hydrogen (secondary N) is 1. The highest BCUT2D eigenvalue weighted by Gasteiger charge is 2.14. The zero-order valence-electron chi connectivity index (χ0n) is 11.3. The Kier molecular flexibility index (Phi) is 5.00. The molecule has 0 aliphatic heterocycles. The first-order valence-electron chi connectivity index (χ1n) is 6.40. The molecule has 2 aromatic rings. The van der Waals surface area contributed by atoms with Crippen LogP contribution in [0.3, 0.4) is 0 Å². The maximum absolute atomic E-state index is 12.8. The van der Waals surface area contributed by atoms with E-state index in [1.54, 1.807) is 18.2 Å². The fourth-order valence-electron chi connectivity index (χ4n) is 1.75. The van der Waals surface area contributed by atoms with Crippen molar-refractivity contribution in [1.29, 1.82) is 0 Å². The third-order valence-electron chi connectivity index (χ3n) is 2.93. The molecule has 2 rings (SSSR count). The number of halogens is 1. The SMILES string of the molecule is NCc1ccc(S(=O)(=O)NCCc2ccc(F)cc2)nc1. The number of hydrogen-bond donors (Lipinski definition) is 2. The van der Waals surface area contributed by atoms with Crippen molar-refractivity contribution in [3.05, 3.63) is 59.5 Å². The van der Waals surface area contributed by atoms with Crippen LogP contribution in [0.4, 0.5) is 4.39 Å². The van der Waals surface area contributed by atoms with Gasteiger partial charge in [-0.05, 0) is 35.7 Å². The number of nitrogens with zero attached hydrogens (tertiary/aromatic N) is 1. The molecule has 0 spiro atoms. The van der Waals surface area contributed by atoms with Crippen LogP contribution < -0.4 is 10.5 Å². The van der Waals surface area contributed by atoms with Crippen molar-refractivity contribution in [2.75, 3.05) is 6.54 Å². The first kappa shape index (κ1) is 15.6. The molecule has 0 saturated heterocycles. The predicted molar refractivity (Wildman–Crippen MR) is 77.4 cm³/mol. The minimum atomic E-state index is -3.64. The summed E-state index contributed by atoms with van der Waals surface area (Å²) in [6.07, 6.45) is 1.91. The average molecular weight is 309 g/mol. The first-order chi connectivity index (χ1) is 10.0. The van der Waals surface area contributed by atoms with Gasteiger partial charge in [0.15, 0.2) is 5.03 Å². The second-order valence-corrected chi connectivity index (χ2v) is 6.20. The molecule has 1 heterocycles. The van der Waals surface area contributed by atoms with Crippen molar-refractivity contribution in [3.63, 3.8) is 0 Å². The molecule has 0 unspecified atom stereocenters. The predicted octanol–water partition coefficient (Wildman–Crippen LogP) is 1.20. The molecule has 3 N–H and O–H groups in total. The normalized spacial score (nSPS) is 11.5. The summed E-state index contributed by atoms with van der Waals surface area (Å²) in [5.41, 5.74) is 7.05. The number of sulfonamides is 1. The Hall–Kier alpha value is -1.83. The monoisotopic (exact) mass is 309 g/mol. The van der Waals surface area contributed by atoms with Crippen LogP contribution in [0.25, 0.3) is 0 Å². The van der Waals surface area contributed by atoms with Crippen LogP contribution >= 0.6 is 0 Å². The van der Waals surface area contributed by atoms with E-state index in [4.69, 9.17) is 5.73 Å². The summed E-state index contributed by atoms with van der Waals surface area (Å²) in [5.74, 6) is -0.316. The molecule has 0 fully saturated rings. The number of hydrogen-bond acceptors (Lipinski definition) is 4. The molecule has 0 amide bonds. The van der Waals surface area contributed by atoms with E-state index in [1.165, 1.54) is 24.4 Å². The van der Waals surface area contributed by atoms with Crippen LogP contribution in [0.1, 0.15) is 11.1 Å². The van der Waals surface area contributed by atoms with E-state index >= 15 is 0 Å². The lowest BCUT2D eigenvalue weighted by molar-refractivity contribution is 0.577. The molecular formula is C14H16FN3O2S. The smallest absolute Gasteiger partial charge is 0.258 e. The molecule has 112 valence electrons. The van der Waals surface area contributed by atoms with Gasteiger partial charge in [-0.2, -0.15) is 0 Å². The third-order valence-corrected chi connectivity index (χ3v) is 4.30. The zero-order valence-corrected chi connectivity index (χ0v) is 12.1. The Bertz CT molecular complexity index is 685. The second kappa shape index (κ2) is 6.75. The Morgan fingerprint density at radius 3 is 2.33 bits per heavy atom. The number of aromatic nitrogens is 1. The van der Waals surface area contributed by atoms with Crippen LogP contribution in [0.2, 0.25) is 0 Å². The van der Waals surface area contributed by atoms with Gasteiger partial charge >= 0.3 is 0 Å². The van der Waals surface area contributed by atoms with E-state index in [-0.39, 0.29) is 17.4 Å². The number of nitrogens with two attached hydrogens (primary N) is 1. The van der Waals surface area contributed by atoms with Gasteiger partial charge in [-0.3, -0.25) is 0 Å². The first-order valence-corrected chi connectivity index (χ1v) is 7.89. The second-order valence-electron chi connectivity index (χ2n) is 4.48. The zero-order chi connectivity index (χ0) is 15.3. The van der Waals surface area contributed by atoms with Crippen molar-refractivity contribution in [2.45, 2.75) is 18.0 Å². The molecule has 7 heteroatoms. The quantitative estimate of drug-likeness (QED) is 0.839. The highest BCUT2D eigenvalue weighted by Crippen LogP contribution is 2.07. The minimum absolute atomic E-state index is 0.0428. The summed E-state index contributed by atoms with van der Waals surface area (Å²) >= 11 is 0. The van der Waals surface area contributed by atoms with Crippen molar-refractivity contribution in [1.82, 2.24) is 9.71 Å². The Morgan fingerprint density at radius 1 is 1.10 bits per heavy atom. The van der Waals surface area contributed by atoms with Crippen LogP contribution in [-0.4, -0.2) is 19.9 Å². The van der Waals surface area contributed by atoms with E-state index in [2.05, 4.69) is 9.71 Å². The average Bonchev–Trinajstić information content (AvgIpc) is 2.49. The summed E-state index contributed by atoms with van der Waals surface area (Å²) in [4.78, 5) is 3.88. The number of rotatable bonds is 6. The summed E-state index contributed by atoms with van der Waals surface area (Å²) in [6, 6.07) is 8.98. The lowest BCUT2D eigenvalue weighted by Gasteiger charge is -2.06. The molecule has 0 radical (unpaired) electrons. The lowest BCUT2D eigenvalue weighted by Crippen LogP contribution is -2.26. The molecule has 0 aliphatic carbocycles. The molecule has 0 saturated carbocycles. The van der Waals surface area contributed by atoms with Gasteiger partial charge in [-0.1, -0.05) is 18.2 Å². The van der Waals surface area contributed by atoms with Gasteiger partial charge in [0.05, 0.1) is 0 Å². The Labute approximate surface area is 123 Å². The van der Waals surface area contributed by atoms with Gasteiger partial charge in [0.1, 0.15) is 5.82 Å². The summed E-state index contributed by atoms with van der Waals surface area (Å²) in [6.45, 7) is 0.527. The fourth-order valence-corrected chi connectivity index (χ4v) is 2.70. The van der Waals surface area contributed by atoms with Crippen molar-refractivity contribution < 1.29 is 12.8 Å². The van der Waals surface area contributed by atoms with Gasteiger partial charge in [-0.15, -0.1) is 0 Å². The largest absolute Gasteiger partial charge is 0.326 e. The molecule has 0 bridgehead atoms. The van der Waals surface area contributed by atoms with E-state index in [0.717, 1.165) is 11.1 Å². The number of pyridine rings is 1. The van der Waals surface area contributed by atoms with E-state index in [1.807, 2.05) is 0 Å². The van der Waals surface area contributed by atoms with Crippen LogP contribution in [0, 0.1) is 5.82 Å². The highest BCUT2D eigenvalue weighted by molar-refractivity contribution is 7.89. The van der Waals surface area contributed by atoms with Crippen LogP contribution in [0.5, 0.6) is 0 Å². The maximum atomic E-state index is 12.8. The topological polar surface area (TPSA) is 85.1 Å². The van der Waals surface area contributed by atoms with Gasteiger partial charge in [-0.25, -0.2) is 22.5 Å². The Morgan fingerprint density at radius 2 is 1.76 bits per heavy atom. The lowest BCUT2D eigenvalue weighted by atomic mass is 10.1. The highest BCUT2D eigenvalue weighted by atomic mass is 32.2. The van der Waals surface area contributed by atoms with Crippen molar-refractivity contribution in [3.8, 4) is 0 Å². The van der Waals surface area contributed by atoms with E-state index < -0.39 is 10.0 Å². The van der Waals surface area contributed by atoms with Gasteiger partial charge in [0.2, 0.25) is 0 Å². The van der Waals surface area contributed by atoms with Crippen LogP contribution in [0.15, 0.2) is 47.6 Å². The van der Waals surface area contributed by atoms with Gasteiger partial charge < -0.3 is 5.73 Å². The summed E-state index contributed by atoms with van der Waals surface area (Å²) < 4.78 is 39.2. The van der Waals surface area contributed by atoms with Crippen molar-refractivity contribution >= 4 is 10.0 Å². The van der Waals surface area contributed by atoms with Gasteiger partial charge in [0.25, 0.3) is 10.0 Å². The summed E-state index contributed by atoms with van der Waals surface area (Å²) in [7, 11) is -3.64. The third kappa shape index (κ3) is 4.32. The van der Waals surface area contributed by atoms with E-state index in [0.29, 0.717) is 13.0 Å². The molecule has 1 aromatic heterocycles. The minimum Gasteiger partial charge on any atom is -0.326 e. The van der Waals surface area contributed by atoms with Crippen molar-refractivity contribution in [2.24, 2.45) is 5.73 Å². The molecule has 0 atom stereocenters. The van der Waals surface area contributed by atoms with Gasteiger partial charge in [0, 0.05) is 19.3 Å². The molecule has 1 aromatic carbocycles. The fraction of sp³-hybridized carbons (Fsp3) is 0.214. The molecular weight excluding hydrogens is 293 g/mol. The summed E-state index contributed by atoms with van der Waals surface area (Å²) in [5, 5.41) is -0.0428. The maximum Gasteiger partial charge on any atom is 0.258 e. The standard InChI is InChI=1S/C14H16FN3O2S/c15-13-4-1-11(2-5-13)7-8-18-21(19,20)14-6-3-12(9-16)10-17-14/h1-6,10,18H,7-9,16H2. The van der Waals surface area contributed by atoms with E-state index in [9.17, 15) is 12.8 Å². The number of benzene rings is 1. The Balaban J connectivity index is 1.95. The molecule has 0 aliphatic rings. The molecule has 5 nitrogen and oxygen atoms in total.